The van der Waals surface area contributed by atoms with E-state index in [0.29, 0.717) is 5.69 Å². The van der Waals surface area contributed by atoms with Gasteiger partial charge in [0, 0.05) is 23.7 Å². The fraction of sp³-hybridized carbons (Fsp3) is 0.222. The quantitative estimate of drug-likeness (QED) is 0.435. The maximum Gasteiger partial charge on any atom is 0.271 e. The van der Waals surface area contributed by atoms with Crippen LogP contribution in [0.25, 0.3) is 0 Å². The zero-order valence-electron chi connectivity index (χ0n) is 14.1. The molecule has 0 radical (unpaired) electrons. The van der Waals surface area contributed by atoms with Crippen molar-refractivity contribution in [2.24, 2.45) is 5.92 Å². The van der Waals surface area contributed by atoms with Crippen molar-refractivity contribution < 1.29 is 9.72 Å². The number of nitrogens with zero attached hydrogens (tertiary/aromatic N) is 1. The molecule has 7 nitrogen and oxygen atoms in total. The van der Waals surface area contributed by atoms with Crippen LogP contribution in [0.1, 0.15) is 23.5 Å². The van der Waals surface area contributed by atoms with Gasteiger partial charge in [0.25, 0.3) is 5.69 Å². The number of carbonyl (C=O) groups excluding carboxylic acids is 1. The number of aryl methyl sites for hydroxylation is 1. The number of anilines is 1. The lowest BCUT2D eigenvalue weighted by atomic mass is 10.1. The first kappa shape index (κ1) is 17.8. The van der Waals surface area contributed by atoms with Crippen molar-refractivity contribution in [3.05, 3.63) is 69.8 Å². The van der Waals surface area contributed by atoms with E-state index in [2.05, 4.69) is 28.3 Å². The standard InChI is InChI=1S/C18H18N4O3S/c1-11-5-7-12(8-6-11)15-10-16(15)17(23)20-21-18(26)19-13-3-2-4-14(9-13)22(24)25/h2-9,15-16H,10H2,1H3,(H,20,23)(H2,19,21,26)/t15-,16-/m0/s1. The molecule has 2 aromatic carbocycles. The SMILES string of the molecule is Cc1ccc([C@@H]2C[C@@H]2C(=O)NNC(=S)Nc2cccc([N+](=O)[O-])c2)cc1. The first-order chi connectivity index (χ1) is 12.4. The van der Waals surface area contributed by atoms with E-state index in [4.69, 9.17) is 12.2 Å². The molecule has 3 N–H and O–H groups in total. The maximum atomic E-state index is 12.2. The average molecular weight is 370 g/mol. The Hall–Kier alpha value is -3.00. The van der Waals surface area contributed by atoms with Gasteiger partial charge in [-0.15, -0.1) is 0 Å². The largest absolute Gasteiger partial charge is 0.331 e. The highest BCUT2D eigenvalue weighted by atomic mass is 32.1. The fourth-order valence-corrected chi connectivity index (χ4v) is 2.91. The van der Waals surface area contributed by atoms with Gasteiger partial charge in [-0.3, -0.25) is 25.8 Å². The monoisotopic (exact) mass is 370 g/mol. The van der Waals surface area contributed by atoms with E-state index >= 15 is 0 Å². The van der Waals surface area contributed by atoms with Gasteiger partial charge < -0.3 is 5.32 Å². The maximum absolute atomic E-state index is 12.2. The summed E-state index contributed by atoms with van der Waals surface area (Å²) >= 11 is 5.10. The summed E-state index contributed by atoms with van der Waals surface area (Å²) in [6, 6.07) is 14.1. The second-order valence-electron chi connectivity index (χ2n) is 6.24. The van der Waals surface area contributed by atoms with E-state index in [1.54, 1.807) is 12.1 Å². The highest BCUT2D eigenvalue weighted by molar-refractivity contribution is 7.80. The topological polar surface area (TPSA) is 96.3 Å². The Labute approximate surface area is 155 Å². The van der Waals surface area contributed by atoms with Crippen LogP contribution in [0.15, 0.2) is 48.5 Å². The van der Waals surface area contributed by atoms with Crippen molar-refractivity contribution in [3.63, 3.8) is 0 Å². The van der Waals surface area contributed by atoms with Gasteiger partial charge in [-0.2, -0.15) is 0 Å². The minimum absolute atomic E-state index is 0.0410. The number of rotatable bonds is 4. The summed E-state index contributed by atoms with van der Waals surface area (Å²) in [5, 5.41) is 13.7. The van der Waals surface area contributed by atoms with E-state index in [-0.39, 0.29) is 28.5 Å². The van der Waals surface area contributed by atoms with E-state index in [9.17, 15) is 14.9 Å². The van der Waals surface area contributed by atoms with Crippen molar-refractivity contribution in [3.8, 4) is 0 Å². The first-order valence-electron chi connectivity index (χ1n) is 8.12. The lowest BCUT2D eigenvalue weighted by Crippen LogP contribution is -2.44. The third-order valence-corrected chi connectivity index (χ3v) is 4.45. The van der Waals surface area contributed by atoms with E-state index in [1.807, 2.05) is 19.1 Å². The number of benzene rings is 2. The summed E-state index contributed by atoms with van der Waals surface area (Å²) in [7, 11) is 0. The molecule has 2 atom stereocenters. The van der Waals surface area contributed by atoms with Gasteiger partial charge in [0.1, 0.15) is 0 Å². The highest BCUT2D eigenvalue weighted by Crippen LogP contribution is 2.47. The highest BCUT2D eigenvalue weighted by Gasteiger charge is 2.43. The van der Waals surface area contributed by atoms with Crippen LogP contribution >= 0.6 is 12.2 Å². The van der Waals surface area contributed by atoms with Crippen LogP contribution < -0.4 is 16.2 Å². The molecule has 1 saturated carbocycles. The summed E-state index contributed by atoms with van der Waals surface area (Å²) in [4.78, 5) is 22.5. The lowest BCUT2D eigenvalue weighted by Gasteiger charge is -2.11. The molecular weight excluding hydrogens is 352 g/mol. The Morgan fingerprint density at radius 3 is 2.62 bits per heavy atom. The van der Waals surface area contributed by atoms with Crippen LogP contribution in [0.4, 0.5) is 11.4 Å². The van der Waals surface area contributed by atoms with Gasteiger partial charge >= 0.3 is 0 Å². The normalized spacial score (nSPS) is 17.9. The Morgan fingerprint density at radius 2 is 1.92 bits per heavy atom. The molecule has 1 fully saturated rings. The van der Waals surface area contributed by atoms with Crippen LogP contribution in [0.2, 0.25) is 0 Å². The first-order valence-corrected chi connectivity index (χ1v) is 8.53. The number of hydrogen-bond donors (Lipinski definition) is 3. The molecule has 0 aromatic heterocycles. The molecule has 0 unspecified atom stereocenters. The number of hydrazine groups is 1. The molecule has 1 aliphatic rings. The molecule has 2 aromatic rings. The van der Waals surface area contributed by atoms with Gasteiger partial charge in [0.2, 0.25) is 5.91 Å². The van der Waals surface area contributed by atoms with E-state index < -0.39 is 4.92 Å². The van der Waals surface area contributed by atoms with Gasteiger partial charge in [0.15, 0.2) is 5.11 Å². The zero-order valence-corrected chi connectivity index (χ0v) is 14.9. The predicted molar refractivity (Wildman–Crippen MR) is 103 cm³/mol. The lowest BCUT2D eigenvalue weighted by molar-refractivity contribution is -0.384. The summed E-state index contributed by atoms with van der Waals surface area (Å²) in [5.74, 6) is 0.0280. The second-order valence-corrected chi connectivity index (χ2v) is 6.64. The third kappa shape index (κ3) is 4.34. The minimum Gasteiger partial charge on any atom is -0.331 e. The number of carbonyl (C=O) groups is 1. The molecule has 1 aliphatic carbocycles. The molecule has 0 aliphatic heterocycles. The number of nitro benzene ring substituents is 1. The Bertz CT molecular complexity index is 854. The van der Waals surface area contributed by atoms with Crippen LogP contribution in [0.5, 0.6) is 0 Å². The smallest absolute Gasteiger partial charge is 0.271 e. The summed E-state index contributed by atoms with van der Waals surface area (Å²) in [5.41, 5.74) is 8.00. The molecule has 0 bridgehead atoms. The molecule has 1 amide bonds. The van der Waals surface area contributed by atoms with Gasteiger partial charge in [-0.05, 0) is 43.1 Å². The average Bonchev–Trinajstić information content (AvgIpc) is 3.41. The second kappa shape index (κ2) is 7.49. The molecule has 8 heteroatoms. The number of thiocarbonyl (C=S) groups is 1. The van der Waals surface area contributed by atoms with Gasteiger partial charge in [-0.25, -0.2) is 0 Å². The Morgan fingerprint density at radius 1 is 1.19 bits per heavy atom. The molecule has 134 valence electrons. The summed E-state index contributed by atoms with van der Waals surface area (Å²) in [6.07, 6.45) is 0.807. The summed E-state index contributed by atoms with van der Waals surface area (Å²) < 4.78 is 0. The molecular formula is C18H18N4O3S. The summed E-state index contributed by atoms with van der Waals surface area (Å²) in [6.45, 7) is 2.03. The number of hydrogen-bond acceptors (Lipinski definition) is 4. The van der Waals surface area contributed by atoms with Crippen molar-refractivity contribution >= 4 is 34.6 Å². The molecule has 3 rings (SSSR count). The van der Waals surface area contributed by atoms with E-state index in [1.165, 1.54) is 17.7 Å². The molecule has 0 heterocycles. The predicted octanol–water partition coefficient (Wildman–Crippen LogP) is 3.02. The minimum atomic E-state index is -0.484. The Kier molecular flexibility index (Phi) is 5.13. The third-order valence-electron chi connectivity index (χ3n) is 4.25. The van der Waals surface area contributed by atoms with Crippen LogP contribution in [-0.2, 0) is 4.79 Å². The van der Waals surface area contributed by atoms with Crippen LogP contribution in [0.3, 0.4) is 0 Å². The van der Waals surface area contributed by atoms with Gasteiger partial charge in [-0.1, -0.05) is 35.9 Å². The van der Waals surface area contributed by atoms with Crippen LogP contribution in [-0.4, -0.2) is 15.9 Å². The van der Waals surface area contributed by atoms with Crippen molar-refractivity contribution in [2.75, 3.05) is 5.32 Å². The number of nitrogens with one attached hydrogen (secondary N) is 3. The fourth-order valence-electron chi connectivity index (χ4n) is 2.74. The Balaban J connectivity index is 1.48. The molecule has 26 heavy (non-hydrogen) atoms. The van der Waals surface area contributed by atoms with Crippen molar-refractivity contribution in [1.82, 2.24) is 10.9 Å². The number of non-ortho nitro benzene ring substituents is 1. The molecule has 0 spiro atoms. The van der Waals surface area contributed by atoms with E-state index in [0.717, 1.165) is 12.0 Å². The number of amides is 1. The van der Waals surface area contributed by atoms with Gasteiger partial charge in [0.05, 0.1) is 4.92 Å². The van der Waals surface area contributed by atoms with Crippen molar-refractivity contribution in [1.29, 1.82) is 0 Å². The van der Waals surface area contributed by atoms with Crippen LogP contribution in [0, 0.1) is 23.0 Å². The number of nitro groups is 1. The van der Waals surface area contributed by atoms with Crippen molar-refractivity contribution in [2.45, 2.75) is 19.3 Å². The molecule has 0 saturated heterocycles. The zero-order chi connectivity index (χ0) is 18.7.